The molecule has 1 unspecified atom stereocenters. The van der Waals surface area contributed by atoms with Crippen LogP contribution in [0.15, 0.2) is 24.3 Å². The molecule has 4 heteroatoms. The first-order valence-electron chi connectivity index (χ1n) is 7.38. The highest BCUT2D eigenvalue weighted by Crippen LogP contribution is 2.10. The Morgan fingerprint density at radius 2 is 1.95 bits per heavy atom. The van der Waals surface area contributed by atoms with E-state index in [2.05, 4.69) is 12.2 Å². The number of rotatable bonds is 9. The Balaban J connectivity index is 2.29. The summed E-state index contributed by atoms with van der Waals surface area (Å²) in [7, 11) is 0. The van der Waals surface area contributed by atoms with Crippen LogP contribution in [0.2, 0.25) is 0 Å². The molecular formula is C16H26N2O2. The molecule has 0 saturated carbocycles. The zero-order valence-electron chi connectivity index (χ0n) is 12.5. The standard InChI is InChI=1S/C16H26N2O2/c1-3-4-5-6-11-20-13(2)16(19)18-15-9-7-14(12-17)8-10-15/h7-10,13H,3-6,11-12,17H2,1-2H3,(H,18,19). The molecule has 20 heavy (non-hydrogen) atoms. The van der Waals surface area contributed by atoms with Crippen LogP contribution in [0.5, 0.6) is 0 Å². The second kappa shape index (κ2) is 9.50. The zero-order valence-corrected chi connectivity index (χ0v) is 12.5. The van der Waals surface area contributed by atoms with E-state index in [4.69, 9.17) is 10.5 Å². The molecule has 1 aromatic carbocycles. The second-order valence-electron chi connectivity index (χ2n) is 4.96. The lowest BCUT2D eigenvalue weighted by molar-refractivity contribution is -0.126. The van der Waals surface area contributed by atoms with Crippen molar-refractivity contribution in [2.24, 2.45) is 5.73 Å². The van der Waals surface area contributed by atoms with Crippen LogP contribution in [0.25, 0.3) is 0 Å². The summed E-state index contributed by atoms with van der Waals surface area (Å²) in [6, 6.07) is 7.53. The summed E-state index contributed by atoms with van der Waals surface area (Å²) in [4.78, 5) is 11.9. The first-order chi connectivity index (χ1) is 9.67. The summed E-state index contributed by atoms with van der Waals surface area (Å²) in [5.74, 6) is -0.110. The molecule has 0 aromatic heterocycles. The normalized spacial score (nSPS) is 12.2. The van der Waals surface area contributed by atoms with Gasteiger partial charge in [-0.3, -0.25) is 4.79 Å². The molecule has 0 saturated heterocycles. The molecule has 1 amide bonds. The average molecular weight is 278 g/mol. The topological polar surface area (TPSA) is 64.3 Å². The molecule has 0 aliphatic carbocycles. The van der Waals surface area contributed by atoms with Crippen LogP contribution in [-0.2, 0) is 16.1 Å². The van der Waals surface area contributed by atoms with Gasteiger partial charge in [0, 0.05) is 18.8 Å². The summed E-state index contributed by atoms with van der Waals surface area (Å²) in [6.45, 7) is 5.10. The minimum Gasteiger partial charge on any atom is -0.369 e. The summed E-state index contributed by atoms with van der Waals surface area (Å²) in [5, 5.41) is 2.84. The summed E-state index contributed by atoms with van der Waals surface area (Å²) >= 11 is 0. The van der Waals surface area contributed by atoms with E-state index >= 15 is 0 Å². The molecule has 0 radical (unpaired) electrons. The van der Waals surface area contributed by atoms with Crippen molar-refractivity contribution in [2.75, 3.05) is 11.9 Å². The highest BCUT2D eigenvalue weighted by Gasteiger charge is 2.13. The lowest BCUT2D eigenvalue weighted by Gasteiger charge is -2.13. The summed E-state index contributed by atoms with van der Waals surface area (Å²) < 4.78 is 5.54. The van der Waals surface area contributed by atoms with Gasteiger partial charge in [0.25, 0.3) is 5.91 Å². The van der Waals surface area contributed by atoms with E-state index in [-0.39, 0.29) is 5.91 Å². The van der Waals surface area contributed by atoms with Gasteiger partial charge in [0.1, 0.15) is 6.10 Å². The van der Waals surface area contributed by atoms with Crippen LogP contribution in [0, 0.1) is 0 Å². The van der Waals surface area contributed by atoms with E-state index in [0.717, 1.165) is 24.1 Å². The number of anilines is 1. The molecule has 1 atom stereocenters. The maximum absolute atomic E-state index is 11.9. The number of unbranched alkanes of at least 4 members (excludes halogenated alkanes) is 3. The smallest absolute Gasteiger partial charge is 0.253 e. The number of hydrogen-bond acceptors (Lipinski definition) is 3. The summed E-state index contributed by atoms with van der Waals surface area (Å²) in [6.07, 6.45) is 4.17. The van der Waals surface area contributed by atoms with Crippen LogP contribution in [0.1, 0.15) is 45.1 Å². The fraction of sp³-hybridized carbons (Fsp3) is 0.562. The van der Waals surface area contributed by atoms with Crippen molar-refractivity contribution in [3.63, 3.8) is 0 Å². The summed E-state index contributed by atoms with van der Waals surface area (Å²) in [5.41, 5.74) is 7.35. The largest absolute Gasteiger partial charge is 0.369 e. The number of hydrogen-bond donors (Lipinski definition) is 2. The first kappa shape index (κ1) is 16.7. The molecular weight excluding hydrogens is 252 g/mol. The van der Waals surface area contributed by atoms with Gasteiger partial charge in [-0.1, -0.05) is 38.3 Å². The van der Waals surface area contributed by atoms with E-state index in [1.54, 1.807) is 6.92 Å². The lowest BCUT2D eigenvalue weighted by atomic mass is 10.2. The van der Waals surface area contributed by atoms with Crippen molar-refractivity contribution in [3.05, 3.63) is 29.8 Å². The average Bonchev–Trinajstić information content (AvgIpc) is 2.47. The second-order valence-corrected chi connectivity index (χ2v) is 4.96. The minimum atomic E-state index is -0.425. The molecule has 0 fully saturated rings. The maximum Gasteiger partial charge on any atom is 0.253 e. The fourth-order valence-electron chi connectivity index (χ4n) is 1.83. The van der Waals surface area contributed by atoms with Crippen molar-refractivity contribution in [3.8, 4) is 0 Å². The molecule has 3 N–H and O–H groups in total. The van der Waals surface area contributed by atoms with E-state index < -0.39 is 6.10 Å². The number of nitrogens with two attached hydrogens (primary N) is 1. The van der Waals surface area contributed by atoms with Gasteiger partial charge in [-0.05, 0) is 31.0 Å². The fourth-order valence-corrected chi connectivity index (χ4v) is 1.83. The lowest BCUT2D eigenvalue weighted by Crippen LogP contribution is -2.28. The Hall–Kier alpha value is -1.39. The Kier molecular flexibility index (Phi) is 7.92. The Bertz CT molecular complexity index is 390. The van der Waals surface area contributed by atoms with E-state index in [9.17, 15) is 4.79 Å². The molecule has 1 rings (SSSR count). The Labute approximate surface area is 121 Å². The molecule has 112 valence electrons. The highest BCUT2D eigenvalue weighted by atomic mass is 16.5. The predicted molar refractivity (Wildman–Crippen MR) is 82.5 cm³/mol. The van der Waals surface area contributed by atoms with Crippen LogP contribution in [0.4, 0.5) is 5.69 Å². The number of nitrogens with one attached hydrogen (secondary N) is 1. The predicted octanol–water partition coefficient (Wildman–Crippen LogP) is 3.07. The minimum absolute atomic E-state index is 0.110. The Morgan fingerprint density at radius 1 is 1.25 bits per heavy atom. The van der Waals surface area contributed by atoms with Crippen molar-refractivity contribution >= 4 is 11.6 Å². The van der Waals surface area contributed by atoms with Gasteiger partial charge in [0.15, 0.2) is 0 Å². The van der Waals surface area contributed by atoms with Crippen molar-refractivity contribution in [2.45, 2.75) is 52.2 Å². The zero-order chi connectivity index (χ0) is 14.8. The molecule has 0 spiro atoms. The van der Waals surface area contributed by atoms with Crippen LogP contribution in [-0.4, -0.2) is 18.6 Å². The number of benzene rings is 1. The molecule has 1 aromatic rings. The van der Waals surface area contributed by atoms with Crippen molar-refractivity contribution in [1.82, 2.24) is 0 Å². The molecule has 0 heterocycles. The number of ether oxygens (including phenoxy) is 1. The molecule has 0 bridgehead atoms. The molecule has 0 aliphatic rings. The van der Waals surface area contributed by atoms with Crippen LogP contribution >= 0.6 is 0 Å². The molecule has 0 aliphatic heterocycles. The van der Waals surface area contributed by atoms with Crippen molar-refractivity contribution < 1.29 is 9.53 Å². The van der Waals surface area contributed by atoms with E-state index in [1.165, 1.54) is 12.8 Å². The van der Waals surface area contributed by atoms with Gasteiger partial charge in [-0.15, -0.1) is 0 Å². The third kappa shape index (κ3) is 6.17. The van der Waals surface area contributed by atoms with E-state index in [1.807, 2.05) is 24.3 Å². The number of carbonyl (C=O) groups is 1. The monoisotopic (exact) mass is 278 g/mol. The van der Waals surface area contributed by atoms with Gasteiger partial charge in [0.05, 0.1) is 0 Å². The number of amides is 1. The maximum atomic E-state index is 11.9. The van der Waals surface area contributed by atoms with Gasteiger partial charge < -0.3 is 15.8 Å². The molecule has 4 nitrogen and oxygen atoms in total. The van der Waals surface area contributed by atoms with Gasteiger partial charge >= 0.3 is 0 Å². The number of carbonyl (C=O) groups excluding carboxylic acids is 1. The quantitative estimate of drug-likeness (QED) is 0.682. The Morgan fingerprint density at radius 3 is 2.55 bits per heavy atom. The van der Waals surface area contributed by atoms with Crippen LogP contribution < -0.4 is 11.1 Å². The van der Waals surface area contributed by atoms with Gasteiger partial charge in [0.2, 0.25) is 0 Å². The van der Waals surface area contributed by atoms with Gasteiger partial charge in [-0.2, -0.15) is 0 Å². The first-order valence-corrected chi connectivity index (χ1v) is 7.38. The van der Waals surface area contributed by atoms with E-state index in [0.29, 0.717) is 13.2 Å². The van der Waals surface area contributed by atoms with Crippen LogP contribution in [0.3, 0.4) is 0 Å². The third-order valence-corrected chi connectivity index (χ3v) is 3.19. The van der Waals surface area contributed by atoms with Crippen molar-refractivity contribution in [1.29, 1.82) is 0 Å². The van der Waals surface area contributed by atoms with Gasteiger partial charge in [-0.25, -0.2) is 0 Å². The SMILES string of the molecule is CCCCCCOC(C)C(=O)Nc1ccc(CN)cc1. The highest BCUT2D eigenvalue weighted by molar-refractivity contribution is 5.93. The third-order valence-electron chi connectivity index (χ3n) is 3.19.